The summed E-state index contributed by atoms with van der Waals surface area (Å²) in [5.41, 5.74) is 0. The molecule has 0 heterocycles. The molecule has 0 aliphatic carbocycles. The van der Waals surface area contributed by atoms with Crippen molar-refractivity contribution in [2.45, 2.75) is 0 Å². The van der Waals surface area contributed by atoms with Gasteiger partial charge in [-0.3, -0.25) is 0 Å². The molecule has 0 aromatic rings. The molecule has 0 amide bonds. The van der Waals surface area contributed by atoms with E-state index < -0.39 is 22.6 Å². The molecule has 3 N–H and O–H groups in total. The predicted octanol–water partition coefficient (Wildman–Crippen LogP) is -1.21. The van der Waals surface area contributed by atoms with Crippen LogP contribution in [0.1, 0.15) is 0 Å². The first-order valence-electron chi connectivity index (χ1n) is 1.01. The average molecular weight is 159 g/mol. The molecular weight excluding hydrogens is 155 g/mol. The Bertz CT molecular complexity index is 24.1. The van der Waals surface area contributed by atoms with Crippen molar-refractivity contribution in [3.8, 4) is 0 Å². The van der Waals surface area contributed by atoms with E-state index in [0.29, 0.717) is 0 Å². The SMILES string of the molecule is OB(O)O.[F][Ni][F]. The van der Waals surface area contributed by atoms with E-state index in [2.05, 4.69) is 0 Å². The van der Waals surface area contributed by atoms with Crippen LogP contribution in [0.15, 0.2) is 0 Å². The number of rotatable bonds is 0. The molecule has 0 fully saturated rings. The molecule has 48 valence electrons. The average Bonchev–Trinajstić information content (AvgIpc) is 1.33. The van der Waals surface area contributed by atoms with Crippen LogP contribution in [0.3, 0.4) is 0 Å². The Morgan fingerprint density at radius 1 is 1.14 bits per heavy atom. The van der Waals surface area contributed by atoms with E-state index in [1.807, 2.05) is 0 Å². The maximum absolute atomic E-state index is 9.56. The van der Waals surface area contributed by atoms with Crippen LogP contribution in [-0.2, 0) is 15.3 Å². The van der Waals surface area contributed by atoms with Crippen molar-refractivity contribution in [1.82, 2.24) is 0 Å². The standard InChI is InChI=1S/BH3O3.2FH.Ni/c2-1(3)4;;;/h2-4H;2*1H;/q;;;+2/p-2. The Balaban J connectivity index is 0. The van der Waals surface area contributed by atoms with Gasteiger partial charge in [-0.15, -0.1) is 0 Å². The van der Waals surface area contributed by atoms with E-state index in [1.54, 1.807) is 0 Å². The molecular formula is H3BF2NiO3. The molecule has 0 radical (unpaired) electrons. The van der Waals surface area contributed by atoms with E-state index in [4.69, 9.17) is 15.1 Å². The van der Waals surface area contributed by atoms with Gasteiger partial charge >= 0.3 is 29.9 Å². The summed E-state index contributed by atoms with van der Waals surface area (Å²) >= 11 is -1.38. The Kier molecular flexibility index (Phi) is 14.1. The molecule has 0 aliphatic rings. The molecule has 0 spiro atoms. The Morgan fingerprint density at radius 3 is 1.14 bits per heavy atom. The van der Waals surface area contributed by atoms with Gasteiger partial charge in [0.1, 0.15) is 0 Å². The summed E-state index contributed by atoms with van der Waals surface area (Å²) in [7, 11) is -2.17. The molecule has 0 aromatic heterocycles. The van der Waals surface area contributed by atoms with E-state index in [0.717, 1.165) is 0 Å². The quantitative estimate of drug-likeness (QED) is 0.388. The summed E-state index contributed by atoms with van der Waals surface area (Å²) in [4.78, 5) is 0. The molecule has 0 saturated carbocycles. The summed E-state index contributed by atoms with van der Waals surface area (Å²) in [6, 6.07) is 0. The van der Waals surface area contributed by atoms with Crippen molar-refractivity contribution >= 4 is 7.32 Å². The van der Waals surface area contributed by atoms with E-state index in [9.17, 15) is 7.21 Å². The van der Waals surface area contributed by atoms with Gasteiger partial charge < -0.3 is 15.1 Å². The van der Waals surface area contributed by atoms with Crippen LogP contribution in [0.5, 0.6) is 0 Å². The Morgan fingerprint density at radius 2 is 1.14 bits per heavy atom. The van der Waals surface area contributed by atoms with Crippen molar-refractivity contribution in [2.75, 3.05) is 0 Å². The zero-order chi connectivity index (χ0) is 6.28. The van der Waals surface area contributed by atoms with Gasteiger partial charge in [-0.25, -0.2) is 0 Å². The zero-order valence-electron chi connectivity index (χ0n) is 2.99. The van der Waals surface area contributed by atoms with Crippen molar-refractivity contribution in [3.05, 3.63) is 0 Å². The fourth-order valence-corrected chi connectivity index (χ4v) is 0. The molecule has 0 rings (SSSR count). The van der Waals surface area contributed by atoms with Gasteiger partial charge in [0, 0.05) is 0 Å². The second-order valence-electron chi connectivity index (χ2n) is 0.392. The van der Waals surface area contributed by atoms with E-state index in [1.165, 1.54) is 0 Å². The molecule has 0 bridgehead atoms. The van der Waals surface area contributed by atoms with Crippen LogP contribution >= 0.6 is 0 Å². The first-order valence-corrected chi connectivity index (χ1v) is 1.76. The van der Waals surface area contributed by atoms with Crippen LogP contribution in [0, 0.1) is 0 Å². The summed E-state index contributed by atoms with van der Waals surface area (Å²) in [6.45, 7) is 0. The van der Waals surface area contributed by atoms with Gasteiger partial charge in [-0.05, 0) is 0 Å². The molecule has 0 saturated heterocycles. The minimum atomic E-state index is -2.17. The second kappa shape index (κ2) is 9.57. The van der Waals surface area contributed by atoms with Crippen molar-refractivity contribution in [3.63, 3.8) is 0 Å². The van der Waals surface area contributed by atoms with Crippen molar-refractivity contribution < 1.29 is 37.6 Å². The third-order valence-electron chi connectivity index (χ3n) is 0. The Labute approximate surface area is 45.8 Å². The summed E-state index contributed by atoms with van der Waals surface area (Å²) in [5.74, 6) is 0. The molecule has 7 heavy (non-hydrogen) atoms. The molecule has 7 heteroatoms. The van der Waals surface area contributed by atoms with E-state index in [-0.39, 0.29) is 0 Å². The van der Waals surface area contributed by atoms with Gasteiger partial charge in [-0.2, -0.15) is 0 Å². The van der Waals surface area contributed by atoms with Crippen molar-refractivity contribution in [1.29, 1.82) is 0 Å². The summed E-state index contributed by atoms with van der Waals surface area (Å²) in [5, 5.41) is 21.5. The number of halogens is 2. The number of hydrogen-bond donors (Lipinski definition) is 3. The summed E-state index contributed by atoms with van der Waals surface area (Å²) in [6.07, 6.45) is 0. The van der Waals surface area contributed by atoms with Gasteiger partial charge in [0.15, 0.2) is 0 Å². The normalized spacial score (nSPS) is 7.00. The summed E-state index contributed by atoms with van der Waals surface area (Å²) < 4.78 is 19.1. The van der Waals surface area contributed by atoms with Crippen LogP contribution in [0.4, 0.5) is 7.21 Å². The molecule has 0 aliphatic heterocycles. The van der Waals surface area contributed by atoms with Crippen molar-refractivity contribution in [2.24, 2.45) is 0 Å². The van der Waals surface area contributed by atoms with Gasteiger partial charge in [0.25, 0.3) is 0 Å². The Hall–Kier alpha value is 0.298. The third kappa shape index (κ3) is 1310. The van der Waals surface area contributed by atoms with Crippen LogP contribution < -0.4 is 0 Å². The van der Waals surface area contributed by atoms with Crippen LogP contribution in [0.25, 0.3) is 0 Å². The zero-order valence-corrected chi connectivity index (χ0v) is 3.98. The van der Waals surface area contributed by atoms with Crippen LogP contribution in [0.2, 0.25) is 0 Å². The minimum absolute atomic E-state index is 1.38. The molecule has 0 atom stereocenters. The predicted molar refractivity (Wildman–Crippen MR) is 14.6 cm³/mol. The van der Waals surface area contributed by atoms with Crippen LogP contribution in [-0.4, -0.2) is 22.4 Å². The molecule has 3 nitrogen and oxygen atoms in total. The molecule has 0 unspecified atom stereocenters. The molecule has 0 aromatic carbocycles. The third-order valence-corrected chi connectivity index (χ3v) is 0. The van der Waals surface area contributed by atoms with Gasteiger partial charge in [0.05, 0.1) is 0 Å². The van der Waals surface area contributed by atoms with Gasteiger partial charge in [0.2, 0.25) is 0 Å². The monoisotopic (exact) mass is 158 g/mol. The van der Waals surface area contributed by atoms with Gasteiger partial charge in [-0.1, -0.05) is 0 Å². The number of hydrogen-bond acceptors (Lipinski definition) is 3. The fourth-order valence-electron chi connectivity index (χ4n) is 0. The first kappa shape index (κ1) is 10.3. The van der Waals surface area contributed by atoms with E-state index >= 15 is 0 Å². The fraction of sp³-hybridized carbons (Fsp3) is 0. The maximum atomic E-state index is 9.56. The second-order valence-corrected chi connectivity index (χ2v) is 0.533. The first-order chi connectivity index (χ1) is 3.15. The topological polar surface area (TPSA) is 60.7 Å².